The number of amidine groups is 1. The highest BCUT2D eigenvalue weighted by Crippen LogP contribution is 2.62. The molecule has 18 heavy (non-hydrogen) atoms. The molecule has 0 spiro atoms. The zero-order valence-corrected chi connectivity index (χ0v) is 12.0. The fourth-order valence-electron chi connectivity index (χ4n) is 4.31. The minimum absolute atomic E-state index is 0.0773. The summed E-state index contributed by atoms with van der Waals surface area (Å²) < 4.78 is 0. The average molecular weight is 253 g/mol. The number of nitrogens with one attached hydrogen (secondary N) is 1. The Morgan fingerprint density at radius 2 is 2.17 bits per heavy atom. The van der Waals surface area contributed by atoms with Crippen molar-refractivity contribution >= 4 is 5.84 Å². The van der Waals surface area contributed by atoms with E-state index in [4.69, 9.17) is 10.9 Å². The van der Waals surface area contributed by atoms with Gasteiger partial charge in [0.05, 0.1) is 0 Å². The Hall–Kier alpha value is -0.770. The van der Waals surface area contributed by atoms with Crippen LogP contribution in [0.15, 0.2) is 5.16 Å². The Kier molecular flexibility index (Phi) is 3.34. The minimum Gasteiger partial charge on any atom is -0.409 e. The highest BCUT2D eigenvalue weighted by Gasteiger charge is 2.58. The fourth-order valence-corrected chi connectivity index (χ4v) is 4.31. The molecule has 104 valence electrons. The van der Waals surface area contributed by atoms with E-state index in [1.807, 2.05) is 6.92 Å². The molecule has 0 aromatic rings. The van der Waals surface area contributed by atoms with Crippen molar-refractivity contribution in [3.8, 4) is 0 Å². The molecule has 2 aliphatic carbocycles. The van der Waals surface area contributed by atoms with Crippen LogP contribution >= 0.6 is 0 Å². The van der Waals surface area contributed by atoms with Gasteiger partial charge in [0.1, 0.15) is 5.84 Å². The Bertz CT molecular complexity index is 348. The lowest BCUT2D eigenvalue weighted by Crippen LogP contribution is -2.52. The van der Waals surface area contributed by atoms with Gasteiger partial charge in [-0.25, -0.2) is 0 Å². The summed E-state index contributed by atoms with van der Waals surface area (Å²) in [6, 6.07) is 0.540. The van der Waals surface area contributed by atoms with Gasteiger partial charge in [0.25, 0.3) is 0 Å². The van der Waals surface area contributed by atoms with E-state index in [-0.39, 0.29) is 5.92 Å². The number of nitrogens with two attached hydrogens (primary N) is 1. The largest absolute Gasteiger partial charge is 0.409 e. The van der Waals surface area contributed by atoms with Crippen molar-refractivity contribution < 1.29 is 5.21 Å². The van der Waals surface area contributed by atoms with Gasteiger partial charge < -0.3 is 16.3 Å². The molecule has 4 heteroatoms. The molecule has 0 saturated heterocycles. The van der Waals surface area contributed by atoms with Crippen molar-refractivity contribution in [1.82, 2.24) is 5.32 Å². The molecule has 0 amide bonds. The first-order chi connectivity index (χ1) is 8.31. The van der Waals surface area contributed by atoms with Gasteiger partial charge in [0.15, 0.2) is 0 Å². The van der Waals surface area contributed by atoms with Crippen LogP contribution < -0.4 is 11.1 Å². The van der Waals surface area contributed by atoms with Crippen molar-refractivity contribution in [1.29, 1.82) is 0 Å². The summed E-state index contributed by atoms with van der Waals surface area (Å²) in [6.07, 6.45) is 4.05. The molecule has 2 saturated carbocycles. The van der Waals surface area contributed by atoms with Crippen LogP contribution in [-0.2, 0) is 0 Å². The van der Waals surface area contributed by atoms with Crippen LogP contribution in [0.1, 0.15) is 47.0 Å². The molecule has 2 fully saturated rings. The van der Waals surface area contributed by atoms with E-state index in [0.29, 0.717) is 22.7 Å². The summed E-state index contributed by atoms with van der Waals surface area (Å²) >= 11 is 0. The minimum atomic E-state index is 0.0773. The second kappa shape index (κ2) is 4.41. The smallest absolute Gasteiger partial charge is 0.143 e. The van der Waals surface area contributed by atoms with Crippen molar-refractivity contribution in [2.75, 3.05) is 6.54 Å². The van der Waals surface area contributed by atoms with Gasteiger partial charge >= 0.3 is 0 Å². The third-order valence-corrected chi connectivity index (χ3v) is 5.52. The van der Waals surface area contributed by atoms with Crippen LogP contribution in [0.4, 0.5) is 0 Å². The SMILES string of the molecule is CC(CNC1C2(C)CCC(C2)C1(C)C)C(N)=NO. The summed E-state index contributed by atoms with van der Waals surface area (Å²) in [7, 11) is 0. The number of oxime groups is 1. The standard InChI is InChI=1S/C14H27N3O/c1-9(11(15)17-18)8-16-12-13(2,3)10-5-6-14(12,4)7-10/h9-10,12,16,18H,5-8H2,1-4H3,(H2,15,17). The van der Waals surface area contributed by atoms with E-state index < -0.39 is 0 Å². The number of hydrogen-bond acceptors (Lipinski definition) is 3. The van der Waals surface area contributed by atoms with Crippen LogP contribution in [0.5, 0.6) is 0 Å². The normalized spacial score (nSPS) is 40.1. The summed E-state index contributed by atoms with van der Waals surface area (Å²) in [5.74, 6) is 1.24. The molecule has 0 aromatic carbocycles. The van der Waals surface area contributed by atoms with E-state index in [1.54, 1.807) is 0 Å². The van der Waals surface area contributed by atoms with Crippen LogP contribution in [0.2, 0.25) is 0 Å². The Labute approximate surface area is 110 Å². The first-order valence-corrected chi connectivity index (χ1v) is 7.02. The number of hydrogen-bond donors (Lipinski definition) is 3. The molecule has 4 unspecified atom stereocenters. The molecule has 2 aliphatic rings. The molecule has 4 atom stereocenters. The quantitative estimate of drug-likeness (QED) is 0.311. The molecule has 0 aromatic heterocycles. The first kappa shape index (κ1) is 13.7. The Morgan fingerprint density at radius 1 is 1.50 bits per heavy atom. The highest BCUT2D eigenvalue weighted by molar-refractivity contribution is 5.82. The molecular weight excluding hydrogens is 226 g/mol. The molecule has 2 bridgehead atoms. The predicted molar refractivity (Wildman–Crippen MR) is 73.6 cm³/mol. The van der Waals surface area contributed by atoms with Gasteiger partial charge in [-0.15, -0.1) is 0 Å². The third-order valence-electron chi connectivity index (χ3n) is 5.52. The van der Waals surface area contributed by atoms with E-state index in [1.165, 1.54) is 19.3 Å². The van der Waals surface area contributed by atoms with Gasteiger partial charge in [0.2, 0.25) is 0 Å². The summed E-state index contributed by atoms with van der Waals surface area (Å²) in [4.78, 5) is 0. The lowest BCUT2D eigenvalue weighted by Gasteiger charge is -2.43. The van der Waals surface area contributed by atoms with Gasteiger partial charge in [0, 0.05) is 18.5 Å². The molecule has 2 rings (SSSR count). The fraction of sp³-hybridized carbons (Fsp3) is 0.929. The maximum atomic E-state index is 8.69. The summed E-state index contributed by atoms with van der Waals surface area (Å²) in [5.41, 5.74) is 6.43. The Morgan fingerprint density at radius 3 is 2.67 bits per heavy atom. The van der Waals surface area contributed by atoms with Crippen molar-refractivity contribution in [3.63, 3.8) is 0 Å². The molecule has 0 heterocycles. The van der Waals surface area contributed by atoms with Gasteiger partial charge in [-0.05, 0) is 36.0 Å². The Balaban J connectivity index is 2.01. The van der Waals surface area contributed by atoms with E-state index in [9.17, 15) is 0 Å². The molecular formula is C14H27N3O. The average Bonchev–Trinajstić information content (AvgIpc) is 2.78. The molecule has 0 aliphatic heterocycles. The lowest BCUT2D eigenvalue weighted by atomic mass is 9.68. The lowest BCUT2D eigenvalue weighted by molar-refractivity contribution is 0.108. The molecule has 4 N–H and O–H groups in total. The van der Waals surface area contributed by atoms with Crippen molar-refractivity contribution in [3.05, 3.63) is 0 Å². The van der Waals surface area contributed by atoms with Crippen LogP contribution in [0.3, 0.4) is 0 Å². The monoisotopic (exact) mass is 253 g/mol. The van der Waals surface area contributed by atoms with Crippen molar-refractivity contribution in [2.24, 2.45) is 33.6 Å². The van der Waals surface area contributed by atoms with E-state index in [0.717, 1.165) is 12.5 Å². The third kappa shape index (κ3) is 2.00. The highest BCUT2D eigenvalue weighted by atomic mass is 16.4. The van der Waals surface area contributed by atoms with E-state index in [2.05, 4.69) is 31.2 Å². The maximum absolute atomic E-state index is 8.69. The zero-order chi connectivity index (χ0) is 13.6. The topological polar surface area (TPSA) is 70.6 Å². The number of nitrogens with zero attached hydrogens (tertiary/aromatic N) is 1. The van der Waals surface area contributed by atoms with Crippen molar-refractivity contribution in [2.45, 2.75) is 53.0 Å². The van der Waals surface area contributed by atoms with Crippen LogP contribution in [0.25, 0.3) is 0 Å². The second-order valence-electron chi connectivity index (χ2n) is 7.18. The zero-order valence-electron chi connectivity index (χ0n) is 12.0. The number of rotatable bonds is 4. The van der Waals surface area contributed by atoms with Gasteiger partial charge in [-0.3, -0.25) is 0 Å². The van der Waals surface area contributed by atoms with Gasteiger partial charge in [-0.2, -0.15) is 0 Å². The molecule has 4 nitrogen and oxygen atoms in total. The first-order valence-electron chi connectivity index (χ1n) is 7.02. The maximum Gasteiger partial charge on any atom is 0.143 e. The second-order valence-corrected chi connectivity index (χ2v) is 7.18. The summed E-state index contributed by atoms with van der Waals surface area (Å²) in [6.45, 7) is 9.95. The predicted octanol–water partition coefficient (Wildman–Crippen LogP) is 2.17. The van der Waals surface area contributed by atoms with Gasteiger partial charge in [-0.1, -0.05) is 32.9 Å². The number of fused-ring (bicyclic) bond motifs is 2. The summed E-state index contributed by atoms with van der Waals surface area (Å²) in [5, 5.41) is 15.5. The van der Waals surface area contributed by atoms with Crippen LogP contribution in [0, 0.1) is 22.7 Å². The van der Waals surface area contributed by atoms with Crippen LogP contribution in [-0.4, -0.2) is 23.6 Å². The molecule has 0 radical (unpaired) electrons. The van der Waals surface area contributed by atoms with E-state index >= 15 is 0 Å².